The van der Waals surface area contributed by atoms with E-state index in [1.165, 1.54) is 89.9 Å². The molecule has 0 bridgehead atoms. The number of aliphatic hydroxyl groups is 1. The normalized spacial score (nSPS) is 13.8. The van der Waals surface area contributed by atoms with E-state index in [1.54, 1.807) is 0 Å². The van der Waals surface area contributed by atoms with Crippen molar-refractivity contribution in [3.05, 3.63) is 60.8 Å². The Hall–Kier alpha value is -2.29. The van der Waals surface area contributed by atoms with E-state index in [-0.39, 0.29) is 32.1 Å². The van der Waals surface area contributed by atoms with Crippen molar-refractivity contribution >= 4 is 19.7 Å². The molecule has 2 atom stereocenters. The maximum atomic E-state index is 12.1. The minimum absolute atomic E-state index is 0.0795. The number of esters is 1. The summed E-state index contributed by atoms with van der Waals surface area (Å²) in [6.07, 6.45) is 54.3. The summed E-state index contributed by atoms with van der Waals surface area (Å²) < 4.78 is 26.9. The van der Waals surface area contributed by atoms with Crippen molar-refractivity contribution < 1.29 is 37.9 Å². The van der Waals surface area contributed by atoms with Crippen LogP contribution in [0.15, 0.2) is 60.8 Å². The highest BCUT2D eigenvalue weighted by Gasteiger charge is 2.23. The summed E-state index contributed by atoms with van der Waals surface area (Å²) in [5, 5.41) is 12.7. The summed E-state index contributed by atoms with van der Waals surface area (Å²) in [5.41, 5.74) is 0. The second-order valence-electron chi connectivity index (χ2n) is 15.7. The van der Waals surface area contributed by atoms with Crippen LogP contribution in [0.5, 0.6) is 0 Å². The van der Waals surface area contributed by atoms with Crippen LogP contribution in [0.1, 0.15) is 206 Å². The van der Waals surface area contributed by atoms with Crippen LogP contribution >= 0.6 is 7.82 Å². The largest absolute Gasteiger partial charge is 0.472 e. The van der Waals surface area contributed by atoms with E-state index < -0.39 is 26.5 Å². The number of carbonyl (C=O) groups is 2. The Kier molecular flexibility index (Phi) is 43.5. The lowest BCUT2D eigenvalue weighted by atomic mass is 10.0. The van der Waals surface area contributed by atoms with E-state index in [0.717, 1.165) is 83.5 Å². The molecule has 0 aromatic carbocycles. The lowest BCUT2D eigenvalue weighted by Crippen LogP contribution is -2.27. The monoisotopic (exact) mass is 850 g/mol. The van der Waals surface area contributed by atoms with E-state index in [2.05, 4.69) is 79.9 Å². The van der Waals surface area contributed by atoms with Gasteiger partial charge in [-0.25, -0.2) is 4.57 Å². The molecule has 0 saturated carbocycles. The van der Waals surface area contributed by atoms with Crippen LogP contribution in [0.2, 0.25) is 0 Å². The Balaban J connectivity index is 3.62. The third kappa shape index (κ3) is 46.6. The number of rotatable bonds is 44. The predicted octanol–water partition coefficient (Wildman–Crippen LogP) is 13.7. The molecule has 0 radical (unpaired) electrons. The van der Waals surface area contributed by atoms with E-state index in [0.29, 0.717) is 12.8 Å². The third-order valence-corrected chi connectivity index (χ3v) is 10.9. The number of amides is 1. The molecule has 0 heterocycles. The second-order valence-corrected chi connectivity index (χ2v) is 17.2. The lowest BCUT2D eigenvalue weighted by molar-refractivity contribution is -0.147. The number of unbranched alkanes of at least 4 members (excludes halogenated alkanes) is 21. The maximum absolute atomic E-state index is 12.1. The smallest absolute Gasteiger partial charge is 0.463 e. The first-order chi connectivity index (χ1) is 28.8. The van der Waals surface area contributed by atoms with Crippen molar-refractivity contribution in [3.63, 3.8) is 0 Å². The average molecular weight is 850 g/mol. The van der Waals surface area contributed by atoms with Gasteiger partial charge in [-0.3, -0.25) is 18.6 Å². The number of hydrogen-bond donors (Lipinski definition) is 3. The zero-order chi connectivity index (χ0) is 43.2. The summed E-state index contributed by atoms with van der Waals surface area (Å²) in [6.45, 7) is 3.44. The van der Waals surface area contributed by atoms with E-state index in [4.69, 9.17) is 13.8 Å². The first kappa shape index (κ1) is 56.7. The van der Waals surface area contributed by atoms with Gasteiger partial charge in [0, 0.05) is 19.4 Å². The molecule has 0 spiro atoms. The van der Waals surface area contributed by atoms with Crippen LogP contribution in [0.25, 0.3) is 0 Å². The minimum Gasteiger partial charge on any atom is -0.463 e. The highest BCUT2D eigenvalue weighted by molar-refractivity contribution is 7.47. The summed E-state index contributed by atoms with van der Waals surface area (Å²) in [7, 11) is -4.43. The molecule has 0 rings (SSSR count). The number of nitrogens with one attached hydrogen (secondary N) is 1. The molecule has 10 heteroatoms. The van der Waals surface area contributed by atoms with Gasteiger partial charge in [-0.05, 0) is 57.8 Å². The van der Waals surface area contributed by atoms with Crippen molar-refractivity contribution in [1.29, 1.82) is 0 Å². The van der Waals surface area contributed by atoms with Crippen LogP contribution < -0.4 is 5.32 Å². The average Bonchev–Trinajstić information content (AvgIpc) is 3.22. The molecule has 342 valence electrons. The van der Waals surface area contributed by atoms with E-state index in [9.17, 15) is 24.2 Å². The number of phosphoric acid groups is 1. The Labute approximate surface area is 361 Å². The number of carbonyl (C=O) groups excluding carboxylic acids is 2. The Morgan fingerprint density at radius 2 is 0.966 bits per heavy atom. The summed E-state index contributed by atoms with van der Waals surface area (Å²) >= 11 is 0. The highest BCUT2D eigenvalue weighted by atomic mass is 31.2. The maximum Gasteiger partial charge on any atom is 0.472 e. The zero-order valence-corrected chi connectivity index (χ0v) is 38.6. The van der Waals surface area contributed by atoms with Crippen molar-refractivity contribution in [3.8, 4) is 0 Å². The van der Waals surface area contributed by atoms with Gasteiger partial charge in [0.2, 0.25) is 5.91 Å². The van der Waals surface area contributed by atoms with Gasteiger partial charge in [0.25, 0.3) is 0 Å². The van der Waals surface area contributed by atoms with Gasteiger partial charge in [-0.15, -0.1) is 0 Å². The molecule has 59 heavy (non-hydrogen) atoms. The Morgan fingerprint density at radius 3 is 1.46 bits per heavy atom. The minimum atomic E-state index is -4.43. The molecule has 0 aromatic heterocycles. The van der Waals surface area contributed by atoms with Crippen LogP contribution in [-0.4, -0.2) is 54.3 Å². The molecular weight excluding hydrogens is 762 g/mol. The fourth-order valence-corrected chi connectivity index (χ4v) is 7.16. The van der Waals surface area contributed by atoms with Gasteiger partial charge >= 0.3 is 13.8 Å². The molecule has 1 amide bonds. The Bertz CT molecular complexity index is 1150. The predicted molar refractivity (Wildman–Crippen MR) is 247 cm³/mol. The topological polar surface area (TPSA) is 131 Å². The number of ether oxygens (including phenoxy) is 1. The van der Waals surface area contributed by atoms with Gasteiger partial charge < -0.3 is 20.1 Å². The van der Waals surface area contributed by atoms with Crippen molar-refractivity contribution in [1.82, 2.24) is 5.32 Å². The zero-order valence-electron chi connectivity index (χ0n) is 37.7. The number of allylic oxidation sites excluding steroid dienone is 10. The second kappa shape index (κ2) is 45.2. The molecule has 2 unspecified atom stereocenters. The number of hydrogen-bond acceptors (Lipinski definition) is 7. The molecule has 0 aliphatic rings. The quantitative estimate of drug-likeness (QED) is 0.0239. The Morgan fingerprint density at radius 1 is 0.542 bits per heavy atom. The van der Waals surface area contributed by atoms with Gasteiger partial charge in [-0.1, -0.05) is 197 Å². The van der Waals surface area contributed by atoms with E-state index in [1.807, 2.05) is 0 Å². The summed E-state index contributed by atoms with van der Waals surface area (Å²) in [6, 6.07) is 0. The SMILES string of the molecule is CC/C=C\C/C=C\C/C=C\C/C=C\C/C=C\CCCCCCCC(=O)OCC(O)COP(=O)(O)OCCNC(=O)CCCCCCCCCCCCCCCCCCC. The molecule has 0 aliphatic heterocycles. The van der Waals surface area contributed by atoms with Crippen LogP contribution in [0, 0.1) is 0 Å². The molecule has 0 fully saturated rings. The van der Waals surface area contributed by atoms with Gasteiger partial charge in [-0.2, -0.15) is 0 Å². The summed E-state index contributed by atoms with van der Waals surface area (Å²) in [5.74, 6) is -0.533. The van der Waals surface area contributed by atoms with Gasteiger partial charge in [0.15, 0.2) is 0 Å². The molecule has 0 saturated heterocycles. The first-order valence-corrected chi connectivity index (χ1v) is 25.3. The highest BCUT2D eigenvalue weighted by Crippen LogP contribution is 2.42. The van der Waals surface area contributed by atoms with Crippen LogP contribution in [0.4, 0.5) is 0 Å². The number of phosphoric ester groups is 1. The molecule has 0 aliphatic carbocycles. The van der Waals surface area contributed by atoms with Crippen LogP contribution in [-0.2, 0) is 27.9 Å². The lowest BCUT2D eigenvalue weighted by Gasteiger charge is -2.15. The fraction of sp³-hybridized carbons (Fsp3) is 0.755. The molecule has 0 aromatic rings. The van der Waals surface area contributed by atoms with Gasteiger partial charge in [0.1, 0.15) is 12.7 Å². The van der Waals surface area contributed by atoms with Crippen molar-refractivity contribution in [2.24, 2.45) is 0 Å². The molecule has 9 nitrogen and oxygen atoms in total. The van der Waals surface area contributed by atoms with Crippen LogP contribution in [0.3, 0.4) is 0 Å². The fourth-order valence-electron chi connectivity index (χ4n) is 6.41. The van der Waals surface area contributed by atoms with E-state index >= 15 is 0 Å². The molecule has 3 N–H and O–H groups in total. The van der Waals surface area contributed by atoms with Crippen molar-refractivity contribution in [2.75, 3.05) is 26.4 Å². The summed E-state index contributed by atoms with van der Waals surface area (Å²) in [4.78, 5) is 34.0. The van der Waals surface area contributed by atoms with Crippen molar-refractivity contribution in [2.45, 2.75) is 213 Å². The standard InChI is InChI=1S/C49H88NO8P/c1-3-5-7-9-11-13-15-17-19-21-22-23-24-26-28-30-32-34-36-38-40-42-49(53)56-45-47(51)46-58-59(54,55)57-44-43-50-48(52)41-39-37-35-33-31-29-27-25-20-18-16-14-12-10-8-6-4-2/h5,7,11,13,17,19,22-23,26,28,47,51H,3-4,6,8-10,12,14-16,18,20-21,24-25,27,29-46H2,1-2H3,(H,50,52)(H,54,55)/b7-5-,13-11-,19-17-,23-22-,28-26-. The van der Waals surface area contributed by atoms with Gasteiger partial charge in [0.05, 0.1) is 13.2 Å². The third-order valence-electron chi connectivity index (χ3n) is 9.96. The number of aliphatic hydroxyl groups excluding tert-OH is 1. The first-order valence-electron chi connectivity index (χ1n) is 23.8. The molecular formula is C49H88NO8P.